The van der Waals surface area contributed by atoms with Gasteiger partial charge in [0.1, 0.15) is 11.3 Å². The smallest absolute Gasteiger partial charge is 0.341 e. The van der Waals surface area contributed by atoms with E-state index in [-0.39, 0.29) is 28.3 Å². The number of fused-ring (bicyclic) bond motifs is 1. The largest absolute Gasteiger partial charge is 0.508 e. The maximum absolute atomic E-state index is 12.9. The zero-order valence-electron chi connectivity index (χ0n) is 18.5. The summed E-state index contributed by atoms with van der Waals surface area (Å²) in [6.45, 7) is 7.09. The lowest BCUT2D eigenvalue weighted by Gasteiger charge is -2.45. The molecular formula is C23H30ClN3O4. The van der Waals surface area contributed by atoms with E-state index in [0.717, 1.165) is 32.1 Å². The second kappa shape index (κ2) is 7.50. The highest BCUT2D eigenvalue weighted by molar-refractivity contribution is 6.36. The molecule has 1 aliphatic carbocycles. The van der Waals surface area contributed by atoms with Gasteiger partial charge in [0.25, 0.3) is 0 Å². The molecule has 2 fully saturated rings. The molecule has 0 amide bonds. The first-order chi connectivity index (χ1) is 14.6. The summed E-state index contributed by atoms with van der Waals surface area (Å²) in [7, 11) is 1.90. The summed E-state index contributed by atoms with van der Waals surface area (Å²) in [5, 5.41) is 24.4. The standard InChI is InChI=1S/C23H30ClN3O4/c1-5-23(9-8-22(2,3)27(23)12-25-4)17-16(28)10-14-19(18(17)24)26(13-6-7-13)11-15(20(14)29)21(30)31/h10-11,13,25,28H,5-9,12H2,1-4H3,(H,30,31). The van der Waals surface area contributed by atoms with Crippen LogP contribution in [0.2, 0.25) is 5.02 Å². The summed E-state index contributed by atoms with van der Waals surface area (Å²) in [6, 6.07) is 1.53. The fourth-order valence-electron chi connectivity index (χ4n) is 5.38. The van der Waals surface area contributed by atoms with E-state index >= 15 is 0 Å². The van der Waals surface area contributed by atoms with E-state index < -0.39 is 16.9 Å². The number of benzene rings is 1. The normalized spacial score (nSPS) is 23.5. The van der Waals surface area contributed by atoms with Crippen LogP contribution in [0.15, 0.2) is 17.1 Å². The molecule has 31 heavy (non-hydrogen) atoms. The number of carboxylic acids is 1. The van der Waals surface area contributed by atoms with Gasteiger partial charge in [-0.05, 0) is 59.1 Å². The third-order valence-electron chi connectivity index (χ3n) is 7.17. The molecule has 0 spiro atoms. The van der Waals surface area contributed by atoms with E-state index in [1.54, 1.807) is 0 Å². The Labute approximate surface area is 186 Å². The highest BCUT2D eigenvalue weighted by Gasteiger charge is 2.52. The zero-order valence-corrected chi connectivity index (χ0v) is 19.2. The minimum absolute atomic E-state index is 0.0554. The Hall–Kier alpha value is -2.09. The van der Waals surface area contributed by atoms with Crippen molar-refractivity contribution in [2.75, 3.05) is 13.7 Å². The molecule has 168 valence electrons. The summed E-state index contributed by atoms with van der Waals surface area (Å²) < 4.78 is 1.83. The molecule has 1 saturated heterocycles. The van der Waals surface area contributed by atoms with Crippen LogP contribution in [-0.4, -0.2) is 44.9 Å². The molecule has 1 aromatic carbocycles. The van der Waals surface area contributed by atoms with Gasteiger partial charge < -0.3 is 20.1 Å². The molecule has 8 heteroatoms. The number of carbonyl (C=O) groups is 1. The molecule has 1 aromatic heterocycles. The average Bonchev–Trinajstić information content (AvgIpc) is 3.51. The minimum Gasteiger partial charge on any atom is -0.508 e. The Kier molecular flexibility index (Phi) is 5.35. The Morgan fingerprint density at radius 3 is 2.55 bits per heavy atom. The first-order valence-corrected chi connectivity index (χ1v) is 11.2. The van der Waals surface area contributed by atoms with Gasteiger partial charge in [-0.2, -0.15) is 0 Å². The Morgan fingerprint density at radius 1 is 1.32 bits per heavy atom. The Balaban J connectivity index is 2.07. The number of nitrogens with zero attached hydrogens (tertiary/aromatic N) is 2. The van der Waals surface area contributed by atoms with Crippen molar-refractivity contribution in [1.82, 2.24) is 14.8 Å². The van der Waals surface area contributed by atoms with Gasteiger partial charge in [0.15, 0.2) is 0 Å². The van der Waals surface area contributed by atoms with E-state index in [1.807, 2.05) is 11.6 Å². The molecule has 3 N–H and O–H groups in total. The number of nitrogens with one attached hydrogen (secondary N) is 1. The number of phenols is 1. The number of aromatic hydroxyl groups is 1. The van der Waals surface area contributed by atoms with Crippen LogP contribution in [0.1, 0.15) is 74.8 Å². The van der Waals surface area contributed by atoms with Gasteiger partial charge >= 0.3 is 5.97 Å². The summed E-state index contributed by atoms with van der Waals surface area (Å²) >= 11 is 7.02. The van der Waals surface area contributed by atoms with Crippen LogP contribution in [0.4, 0.5) is 0 Å². The van der Waals surface area contributed by atoms with E-state index in [4.69, 9.17) is 11.6 Å². The van der Waals surface area contributed by atoms with Crippen LogP contribution in [0.25, 0.3) is 10.9 Å². The van der Waals surface area contributed by atoms with Crippen LogP contribution < -0.4 is 10.7 Å². The SMILES string of the molecule is CCC1(c2c(O)cc3c(=O)c(C(=O)O)cn(C4CC4)c3c2Cl)CCC(C)(C)N1CNC. The lowest BCUT2D eigenvalue weighted by atomic mass is 9.83. The lowest BCUT2D eigenvalue weighted by molar-refractivity contribution is 0.0418. The van der Waals surface area contributed by atoms with E-state index in [0.29, 0.717) is 22.8 Å². The van der Waals surface area contributed by atoms with Crippen molar-refractivity contribution in [2.45, 2.75) is 70.0 Å². The first kappa shape index (κ1) is 22.1. The summed E-state index contributed by atoms with van der Waals surface area (Å²) in [4.78, 5) is 27.0. The maximum Gasteiger partial charge on any atom is 0.341 e. The molecule has 2 heterocycles. The number of pyridine rings is 1. The molecule has 7 nitrogen and oxygen atoms in total. The van der Waals surface area contributed by atoms with Gasteiger partial charge in [-0.25, -0.2) is 4.79 Å². The third-order valence-corrected chi connectivity index (χ3v) is 7.54. The maximum atomic E-state index is 12.9. The number of phenolic OH excluding ortho intramolecular Hbond substituents is 1. The predicted octanol–water partition coefficient (Wildman–Crippen LogP) is 4.05. The van der Waals surface area contributed by atoms with Crippen LogP contribution in [0, 0.1) is 0 Å². The molecule has 0 bridgehead atoms. The number of carboxylic acid groups (broad SMARTS) is 1. The van der Waals surface area contributed by atoms with Crippen LogP contribution in [-0.2, 0) is 5.54 Å². The van der Waals surface area contributed by atoms with Gasteiger partial charge in [-0.15, -0.1) is 0 Å². The number of aromatic carboxylic acids is 1. The summed E-state index contributed by atoms with van der Waals surface area (Å²) in [6.07, 6.45) is 5.71. The molecule has 1 atom stereocenters. The van der Waals surface area contributed by atoms with Crippen LogP contribution in [0.5, 0.6) is 5.75 Å². The number of hydrogen-bond acceptors (Lipinski definition) is 5. The molecular weight excluding hydrogens is 418 g/mol. The molecule has 0 radical (unpaired) electrons. The van der Waals surface area contributed by atoms with E-state index in [2.05, 4.69) is 31.0 Å². The number of hydrogen-bond donors (Lipinski definition) is 3. The van der Waals surface area contributed by atoms with Crippen molar-refractivity contribution < 1.29 is 15.0 Å². The summed E-state index contributed by atoms with van der Waals surface area (Å²) in [5.41, 5.74) is -0.375. The number of halogens is 1. The lowest BCUT2D eigenvalue weighted by Crippen LogP contribution is -2.52. The number of aromatic nitrogens is 1. The zero-order chi connectivity index (χ0) is 22.7. The van der Waals surface area contributed by atoms with Crippen molar-refractivity contribution in [2.24, 2.45) is 0 Å². The van der Waals surface area contributed by atoms with Crippen molar-refractivity contribution in [3.63, 3.8) is 0 Å². The predicted molar refractivity (Wildman–Crippen MR) is 121 cm³/mol. The van der Waals surface area contributed by atoms with Crippen molar-refractivity contribution in [1.29, 1.82) is 0 Å². The Bertz CT molecular complexity index is 1120. The molecule has 2 aliphatic rings. The summed E-state index contributed by atoms with van der Waals surface area (Å²) in [5.74, 6) is -1.33. The molecule has 1 saturated carbocycles. The highest BCUT2D eigenvalue weighted by atomic mass is 35.5. The number of likely N-dealkylation sites (tertiary alicyclic amines) is 1. The van der Waals surface area contributed by atoms with Crippen LogP contribution in [0.3, 0.4) is 0 Å². The fraction of sp³-hybridized carbons (Fsp3) is 0.565. The fourth-order valence-corrected chi connectivity index (χ4v) is 5.86. The monoisotopic (exact) mass is 447 g/mol. The van der Waals surface area contributed by atoms with Gasteiger partial charge in [0.2, 0.25) is 5.43 Å². The molecule has 1 unspecified atom stereocenters. The quantitative estimate of drug-likeness (QED) is 0.618. The van der Waals surface area contributed by atoms with Gasteiger partial charge in [0, 0.05) is 30.0 Å². The average molecular weight is 448 g/mol. The van der Waals surface area contributed by atoms with Gasteiger partial charge in [0.05, 0.1) is 21.5 Å². The van der Waals surface area contributed by atoms with Crippen molar-refractivity contribution in [3.8, 4) is 5.75 Å². The second-order valence-corrected chi connectivity index (χ2v) is 9.81. The van der Waals surface area contributed by atoms with Crippen molar-refractivity contribution in [3.05, 3.63) is 38.6 Å². The minimum atomic E-state index is -1.27. The highest BCUT2D eigenvalue weighted by Crippen LogP contribution is 2.54. The molecule has 4 rings (SSSR count). The molecule has 2 aromatic rings. The van der Waals surface area contributed by atoms with Crippen LogP contribution >= 0.6 is 11.6 Å². The van der Waals surface area contributed by atoms with Crippen molar-refractivity contribution >= 4 is 28.5 Å². The second-order valence-electron chi connectivity index (χ2n) is 9.43. The van der Waals surface area contributed by atoms with E-state index in [9.17, 15) is 19.8 Å². The van der Waals surface area contributed by atoms with Gasteiger partial charge in [-0.3, -0.25) is 9.69 Å². The van der Waals surface area contributed by atoms with Gasteiger partial charge in [-0.1, -0.05) is 18.5 Å². The third kappa shape index (κ3) is 3.25. The topological polar surface area (TPSA) is 94.8 Å². The molecule has 1 aliphatic heterocycles. The van der Waals surface area contributed by atoms with E-state index in [1.165, 1.54) is 12.3 Å². The Morgan fingerprint density at radius 2 is 2.00 bits per heavy atom. The number of rotatable bonds is 6. The first-order valence-electron chi connectivity index (χ1n) is 10.9.